The lowest BCUT2D eigenvalue weighted by Crippen LogP contribution is -2.32. The van der Waals surface area contributed by atoms with Crippen LogP contribution < -0.4 is 5.32 Å². The number of hydrogen-bond donors (Lipinski definition) is 4. The molecule has 2 heterocycles. The fourth-order valence-electron chi connectivity index (χ4n) is 4.19. The van der Waals surface area contributed by atoms with Crippen LogP contribution in [0.15, 0.2) is 34.7 Å². The van der Waals surface area contributed by atoms with Crippen molar-refractivity contribution < 1.29 is 32.6 Å². The van der Waals surface area contributed by atoms with Crippen LogP contribution >= 0.6 is 0 Å². The van der Waals surface area contributed by atoms with Crippen molar-refractivity contribution in [2.24, 2.45) is 0 Å². The van der Waals surface area contributed by atoms with Crippen LogP contribution in [0.5, 0.6) is 0 Å². The van der Waals surface area contributed by atoms with Crippen LogP contribution in [0.4, 0.5) is 0 Å². The Bertz CT molecular complexity index is 1350. The molecule has 3 aromatic rings. The number of carbonyl (C=O) groups excluding carboxylic acids is 1. The van der Waals surface area contributed by atoms with Gasteiger partial charge < -0.3 is 19.9 Å². The number of carboxylic acid groups (broad SMARTS) is 1. The Kier molecular flexibility index (Phi) is 7.72. The Hall–Kier alpha value is -3.28. The summed E-state index contributed by atoms with van der Waals surface area (Å²) in [5.41, 5.74) is 3.69. The third-order valence-electron chi connectivity index (χ3n) is 6.26. The monoisotopic (exact) mass is 515 g/mol. The fourth-order valence-corrected chi connectivity index (χ4v) is 4.77. The summed E-state index contributed by atoms with van der Waals surface area (Å²) in [5.74, 6) is -0.808. The molecule has 1 aromatic carbocycles. The minimum atomic E-state index is -3.06. The largest absolute Gasteiger partial charge is 0.481 e. The Morgan fingerprint density at radius 1 is 1.25 bits per heavy atom. The number of fused-ring (bicyclic) bond motifs is 1. The number of thiol groups is 1. The molecule has 10 nitrogen and oxygen atoms in total. The normalized spacial score (nSPS) is 14.5. The Morgan fingerprint density at radius 3 is 2.53 bits per heavy atom. The van der Waals surface area contributed by atoms with Gasteiger partial charge in [-0.1, -0.05) is 29.8 Å². The van der Waals surface area contributed by atoms with Gasteiger partial charge in [0.1, 0.15) is 5.76 Å². The van der Waals surface area contributed by atoms with Crippen molar-refractivity contribution in [2.45, 2.75) is 51.2 Å². The predicted octanol–water partition coefficient (Wildman–Crippen LogP) is 2.59. The number of furan rings is 1. The summed E-state index contributed by atoms with van der Waals surface area (Å²) < 4.78 is 31.1. The third kappa shape index (κ3) is 5.75. The van der Waals surface area contributed by atoms with E-state index < -0.39 is 23.0 Å². The van der Waals surface area contributed by atoms with Crippen molar-refractivity contribution >= 4 is 33.9 Å². The first kappa shape index (κ1) is 25.8. The zero-order valence-electron chi connectivity index (χ0n) is 20.1. The number of benzene rings is 1. The van der Waals surface area contributed by atoms with Crippen molar-refractivity contribution in [1.29, 1.82) is 0 Å². The number of aromatic nitrogens is 1. The highest BCUT2D eigenvalue weighted by Gasteiger charge is 2.31. The minimum Gasteiger partial charge on any atom is -0.481 e. The summed E-state index contributed by atoms with van der Waals surface area (Å²) in [4.78, 5) is 28.3. The van der Waals surface area contributed by atoms with E-state index in [0.29, 0.717) is 22.4 Å². The van der Waals surface area contributed by atoms with Gasteiger partial charge in [0.15, 0.2) is 0 Å². The number of pyridine rings is 1. The van der Waals surface area contributed by atoms with E-state index in [4.69, 9.17) is 9.52 Å². The molecule has 1 unspecified atom stereocenters. The summed E-state index contributed by atoms with van der Waals surface area (Å²) in [6.45, 7) is 1.62. The van der Waals surface area contributed by atoms with Gasteiger partial charge in [-0.15, -0.1) is 0 Å². The maximum Gasteiger partial charge on any atom is 0.303 e. The molecular weight excluding hydrogens is 486 g/mol. The highest BCUT2D eigenvalue weighted by molar-refractivity contribution is 7.69. The molecule has 1 fully saturated rings. The van der Waals surface area contributed by atoms with Crippen LogP contribution in [-0.2, 0) is 22.2 Å². The Labute approximate surface area is 210 Å². The number of aliphatic hydroxyl groups is 1. The van der Waals surface area contributed by atoms with Gasteiger partial charge in [-0.3, -0.25) is 9.59 Å². The second kappa shape index (κ2) is 10.8. The molecule has 0 aliphatic heterocycles. The summed E-state index contributed by atoms with van der Waals surface area (Å²) in [6.07, 6.45) is 0.383. The molecule has 3 N–H and O–H groups in total. The molecule has 1 aliphatic rings. The molecule has 36 heavy (non-hydrogen) atoms. The molecule has 11 heteroatoms. The molecule has 1 atom stereocenters. The van der Waals surface area contributed by atoms with E-state index in [-0.39, 0.29) is 43.5 Å². The predicted molar refractivity (Wildman–Crippen MR) is 133 cm³/mol. The highest BCUT2D eigenvalue weighted by Crippen LogP contribution is 2.44. The molecule has 0 spiro atoms. The van der Waals surface area contributed by atoms with Gasteiger partial charge in [0, 0.05) is 25.6 Å². The Morgan fingerprint density at radius 2 is 1.94 bits per heavy atom. The molecule has 1 amide bonds. The first-order valence-corrected chi connectivity index (χ1v) is 12.9. The van der Waals surface area contributed by atoms with Crippen molar-refractivity contribution in [1.82, 2.24) is 14.6 Å². The summed E-state index contributed by atoms with van der Waals surface area (Å²) in [6, 6.07) is 9.43. The topological polar surface area (TPSA) is 150 Å². The number of aliphatic hydroxyl groups excluding tert-OH is 1. The number of aliphatic carboxylic acids is 1. The van der Waals surface area contributed by atoms with Crippen molar-refractivity contribution in [3.8, 4) is 11.3 Å². The lowest BCUT2D eigenvalue weighted by molar-refractivity contribution is -0.137. The van der Waals surface area contributed by atoms with Crippen LogP contribution in [0.25, 0.3) is 22.4 Å². The molecule has 1 saturated carbocycles. The highest BCUT2D eigenvalue weighted by atomic mass is 32.2. The van der Waals surface area contributed by atoms with Crippen molar-refractivity contribution in [3.63, 3.8) is 0 Å². The fraction of sp³-hybridized carbons (Fsp3) is 0.400. The van der Waals surface area contributed by atoms with E-state index in [1.165, 1.54) is 0 Å². The van der Waals surface area contributed by atoms with Gasteiger partial charge in [0.2, 0.25) is 16.6 Å². The number of carboxylic acids is 1. The SMILES string of the molecule is CNC(=O)c1c(-c2ccc(C)cc2)oc2nc(CN(CC(O)CCC(=O)O)[SH](=O)=O)c(C3CC3)cc12. The molecule has 4 rings (SSSR count). The van der Waals surface area contributed by atoms with Gasteiger partial charge in [-0.05, 0) is 43.7 Å². The van der Waals surface area contributed by atoms with Crippen molar-refractivity contribution in [2.75, 3.05) is 13.6 Å². The van der Waals surface area contributed by atoms with Crippen LogP contribution in [-0.4, -0.2) is 59.5 Å². The van der Waals surface area contributed by atoms with Crippen LogP contribution in [0.1, 0.15) is 58.8 Å². The number of hydrogen-bond acceptors (Lipinski definition) is 7. The number of rotatable bonds is 11. The van der Waals surface area contributed by atoms with E-state index in [1.807, 2.05) is 37.3 Å². The summed E-state index contributed by atoms with van der Waals surface area (Å²) >= 11 is 0. The molecule has 2 aromatic heterocycles. The number of carbonyl (C=O) groups is 2. The van der Waals surface area contributed by atoms with Crippen LogP contribution in [0.2, 0.25) is 0 Å². The molecule has 1 aliphatic carbocycles. The quantitative estimate of drug-likeness (QED) is 0.285. The van der Waals surface area contributed by atoms with Crippen LogP contribution in [0, 0.1) is 6.92 Å². The number of nitrogens with zero attached hydrogens (tertiary/aromatic N) is 2. The van der Waals surface area contributed by atoms with Gasteiger partial charge in [-0.2, -0.15) is 4.31 Å². The third-order valence-corrected chi connectivity index (χ3v) is 7.02. The average molecular weight is 516 g/mol. The maximum atomic E-state index is 12.9. The van der Waals surface area contributed by atoms with E-state index >= 15 is 0 Å². The standard InChI is InChI=1S/C25H29N3O7S/c1-14-3-5-16(6-4-14)23-22(24(32)26-2)19-11-18(15-7-8-15)20(27-25(19)35-23)13-28(36(33)34)12-17(29)9-10-21(30)31/h3-6,11,15,17,29,36H,7-10,12-13H2,1-2H3,(H,26,32)(H,30,31). The second-order valence-corrected chi connectivity index (χ2v) is 10.1. The number of amides is 1. The molecule has 192 valence electrons. The van der Waals surface area contributed by atoms with Gasteiger partial charge in [0.25, 0.3) is 5.91 Å². The average Bonchev–Trinajstić information content (AvgIpc) is 3.62. The number of aryl methyl sites for hydroxylation is 1. The zero-order valence-corrected chi connectivity index (χ0v) is 21.0. The minimum absolute atomic E-state index is 0.0649. The summed E-state index contributed by atoms with van der Waals surface area (Å²) in [5, 5.41) is 22.2. The smallest absolute Gasteiger partial charge is 0.303 e. The number of nitrogens with one attached hydrogen (secondary N) is 1. The first-order valence-electron chi connectivity index (χ1n) is 11.7. The van der Waals surface area contributed by atoms with Gasteiger partial charge >= 0.3 is 5.97 Å². The zero-order chi connectivity index (χ0) is 26.0. The van der Waals surface area contributed by atoms with E-state index in [0.717, 1.165) is 33.8 Å². The molecular formula is C25H29N3O7S. The first-order chi connectivity index (χ1) is 17.2. The Balaban J connectivity index is 1.75. The van der Waals surface area contributed by atoms with E-state index in [9.17, 15) is 23.1 Å². The van der Waals surface area contributed by atoms with Gasteiger partial charge in [0.05, 0.1) is 29.3 Å². The lowest BCUT2D eigenvalue weighted by Gasteiger charge is -2.20. The summed E-state index contributed by atoms with van der Waals surface area (Å²) in [7, 11) is -1.52. The maximum absolute atomic E-state index is 12.9. The second-order valence-electron chi connectivity index (χ2n) is 9.07. The molecule has 0 saturated heterocycles. The van der Waals surface area contributed by atoms with Crippen LogP contribution in [0.3, 0.4) is 0 Å². The molecule has 0 bridgehead atoms. The molecule has 0 radical (unpaired) electrons. The van der Waals surface area contributed by atoms with E-state index in [2.05, 4.69) is 10.3 Å². The van der Waals surface area contributed by atoms with E-state index in [1.54, 1.807) is 7.05 Å². The van der Waals surface area contributed by atoms with Crippen molar-refractivity contribution in [3.05, 3.63) is 52.7 Å². The lowest BCUT2D eigenvalue weighted by atomic mass is 10.0. The van der Waals surface area contributed by atoms with Gasteiger partial charge in [-0.25, -0.2) is 13.4 Å².